The molecule has 5 heteroatoms. The van der Waals surface area contributed by atoms with Crippen LogP contribution in [0.15, 0.2) is 0 Å². The number of nitrogens with two attached hydrogens (primary N) is 1. The highest BCUT2D eigenvalue weighted by Gasteiger charge is 2.24. The largest absolute Gasteiger partial charge is 0.382 e. The number of hydrogen-bond acceptors (Lipinski definition) is 4. The average molecular weight is 222 g/mol. The molecule has 88 valence electrons. The predicted octanol–water partition coefficient (Wildman–Crippen LogP) is 0.462. The normalized spacial score (nSPS) is 22.0. The standard InChI is InChI=1S/C11H18N4O/c12-11-9-1-4-13-7-10(9)15(14-11)8-2-5-16-6-3-8/h8,13H,1-7H2,(H2,12,14). The number of fused-ring (bicyclic) bond motifs is 1. The number of hydrogen-bond donors (Lipinski definition) is 2. The summed E-state index contributed by atoms with van der Waals surface area (Å²) in [5.74, 6) is 0.725. The summed E-state index contributed by atoms with van der Waals surface area (Å²) in [6.07, 6.45) is 3.10. The zero-order valence-corrected chi connectivity index (χ0v) is 9.41. The number of anilines is 1. The average Bonchev–Trinajstić information content (AvgIpc) is 2.69. The van der Waals surface area contributed by atoms with Crippen molar-refractivity contribution < 1.29 is 4.74 Å². The summed E-state index contributed by atoms with van der Waals surface area (Å²) in [5, 5.41) is 7.90. The first-order valence-corrected chi connectivity index (χ1v) is 6.00. The third kappa shape index (κ3) is 1.60. The fourth-order valence-electron chi connectivity index (χ4n) is 2.63. The SMILES string of the molecule is Nc1nn(C2CCOCC2)c2c1CCNC2. The summed E-state index contributed by atoms with van der Waals surface area (Å²) in [7, 11) is 0. The van der Waals surface area contributed by atoms with Crippen LogP contribution < -0.4 is 11.1 Å². The van der Waals surface area contributed by atoms with E-state index in [-0.39, 0.29) is 0 Å². The Kier molecular flexibility index (Phi) is 2.57. The number of nitrogens with one attached hydrogen (secondary N) is 1. The molecule has 1 aromatic rings. The van der Waals surface area contributed by atoms with Gasteiger partial charge in [-0.3, -0.25) is 4.68 Å². The lowest BCUT2D eigenvalue weighted by atomic mass is 10.1. The molecule has 0 unspecified atom stereocenters. The Labute approximate surface area is 94.9 Å². The summed E-state index contributed by atoms with van der Waals surface area (Å²) in [6.45, 7) is 3.59. The molecule has 2 aliphatic rings. The van der Waals surface area contributed by atoms with Crippen LogP contribution in [-0.4, -0.2) is 29.5 Å². The van der Waals surface area contributed by atoms with E-state index in [9.17, 15) is 0 Å². The summed E-state index contributed by atoms with van der Waals surface area (Å²) >= 11 is 0. The number of ether oxygens (including phenoxy) is 1. The molecule has 5 nitrogen and oxygen atoms in total. The molecule has 16 heavy (non-hydrogen) atoms. The molecule has 0 radical (unpaired) electrons. The van der Waals surface area contributed by atoms with E-state index in [1.807, 2.05) is 0 Å². The van der Waals surface area contributed by atoms with Crippen molar-refractivity contribution in [2.75, 3.05) is 25.5 Å². The first-order chi connectivity index (χ1) is 7.86. The lowest BCUT2D eigenvalue weighted by Gasteiger charge is -2.25. The molecular weight excluding hydrogens is 204 g/mol. The predicted molar refractivity (Wildman–Crippen MR) is 61.1 cm³/mol. The van der Waals surface area contributed by atoms with Gasteiger partial charge in [-0.15, -0.1) is 0 Å². The van der Waals surface area contributed by atoms with Crippen molar-refractivity contribution in [3.05, 3.63) is 11.3 Å². The van der Waals surface area contributed by atoms with Crippen molar-refractivity contribution >= 4 is 5.82 Å². The van der Waals surface area contributed by atoms with Gasteiger partial charge >= 0.3 is 0 Å². The Morgan fingerprint density at radius 2 is 2.19 bits per heavy atom. The highest BCUT2D eigenvalue weighted by molar-refractivity contribution is 5.44. The maximum absolute atomic E-state index is 5.98. The van der Waals surface area contributed by atoms with Crippen LogP contribution in [0.3, 0.4) is 0 Å². The maximum Gasteiger partial charge on any atom is 0.149 e. The fourth-order valence-corrected chi connectivity index (χ4v) is 2.63. The van der Waals surface area contributed by atoms with E-state index in [1.54, 1.807) is 0 Å². The van der Waals surface area contributed by atoms with E-state index < -0.39 is 0 Å². The molecule has 0 aromatic carbocycles. The van der Waals surface area contributed by atoms with Crippen LogP contribution in [0.5, 0.6) is 0 Å². The highest BCUT2D eigenvalue weighted by Crippen LogP contribution is 2.27. The molecule has 0 atom stereocenters. The third-order valence-electron chi connectivity index (χ3n) is 3.53. The molecular formula is C11H18N4O. The van der Waals surface area contributed by atoms with Crippen molar-refractivity contribution in [2.24, 2.45) is 0 Å². The maximum atomic E-state index is 5.98. The van der Waals surface area contributed by atoms with Crippen LogP contribution in [0.4, 0.5) is 5.82 Å². The Hall–Kier alpha value is -1.07. The van der Waals surface area contributed by atoms with Crippen molar-refractivity contribution in [2.45, 2.75) is 31.8 Å². The second-order valence-corrected chi connectivity index (χ2v) is 4.53. The zero-order valence-electron chi connectivity index (χ0n) is 9.41. The van der Waals surface area contributed by atoms with E-state index >= 15 is 0 Å². The van der Waals surface area contributed by atoms with Crippen LogP contribution in [-0.2, 0) is 17.7 Å². The molecule has 2 aliphatic heterocycles. The Balaban J connectivity index is 1.93. The van der Waals surface area contributed by atoms with Crippen LogP contribution in [0, 0.1) is 0 Å². The van der Waals surface area contributed by atoms with Crippen LogP contribution in [0.1, 0.15) is 30.1 Å². The summed E-state index contributed by atoms with van der Waals surface area (Å²) in [4.78, 5) is 0. The van der Waals surface area contributed by atoms with Gasteiger partial charge in [-0.25, -0.2) is 0 Å². The molecule has 0 spiro atoms. The van der Waals surface area contributed by atoms with E-state index in [2.05, 4.69) is 15.1 Å². The Bertz CT molecular complexity index is 382. The summed E-state index contributed by atoms with van der Waals surface area (Å²) < 4.78 is 7.52. The molecule has 0 saturated carbocycles. The van der Waals surface area contributed by atoms with E-state index in [0.717, 1.165) is 51.4 Å². The quantitative estimate of drug-likeness (QED) is 0.724. The topological polar surface area (TPSA) is 65.1 Å². The molecule has 3 heterocycles. The minimum absolute atomic E-state index is 0.472. The van der Waals surface area contributed by atoms with Gasteiger partial charge in [-0.2, -0.15) is 5.10 Å². The molecule has 0 aliphatic carbocycles. The van der Waals surface area contributed by atoms with Crippen LogP contribution in [0.2, 0.25) is 0 Å². The molecule has 1 aromatic heterocycles. The number of aromatic nitrogens is 2. The molecule has 1 saturated heterocycles. The van der Waals surface area contributed by atoms with E-state index in [0.29, 0.717) is 6.04 Å². The lowest BCUT2D eigenvalue weighted by Crippen LogP contribution is -2.28. The van der Waals surface area contributed by atoms with Gasteiger partial charge in [0.25, 0.3) is 0 Å². The molecule has 0 amide bonds. The van der Waals surface area contributed by atoms with E-state index in [4.69, 9.17) is 10.5 Å². The number of rotatable bonds is 1. The molecule has 0 bridgehead atoms. The van der Waals surface area contributed by atoms with Gasteiger partial charge in [-0.05, 0) is 25.8 Å². The van der Waals surface area contributed by atoms with Crippen LogP contribution >= 0.6 is 0 Å². The minimum atomic E-state index is 0.472. The second-order valence-electron chi connectivity index (χ2n) is 4.53. The molecule has 1 fully saturated rings. The van der Waals surface area contributed by atoms with Crippen molar-refractivity contribution in [3.8, 4) is 0 Å². The Morgan fingerprint density at radius 3 is 3.00 bits per heavy atom. The first-order valence-electron chi connectivity index (χ1n) is 6.00. The van der Waals surface area contributed by atoms with Crippen molar-refractivity contribution in [1.82, 2.24) is 15.1 Å². The lowest BCUT2D eigenvalue weighted by molar-refractivity contribution is 0.0653. The third-order valence-corrected chi connectivity index (χ3v) is 3.53. The van der Waals surface area contributed by atoms with Gasteiger partial charge < -0.3 is 15.8 Å². The van der Waals surface area contributed by atoms with Crippen molar-refractivity contribution in [3.63, 3.8) is 0 Å². The van der Waals surface area contributed by atoms with Gasteiger partial charge in [0.1, 0.15) is 5.82 Å². The minimum Gasteiger partial charge on any atom is -0.382 e. The zero-order chi connectivity index (χ0) is 11.0. The van der Waals surface area contributed by atoms with Crippen LogP contribution in [0.25, 0.3) is 0 Å². The second kappa shape index (κ2) is 4.07. The monoisotopic (exact) mass is 222 g/mol. The fraction of sp³-hybridized carbons (Fsp3) is 0.727. The number of nitrogen functional groups attached to an aromatic ring is 1. The summed E-state index contributed by atoms with van der Waals surface area (Å²) in [5.41, 5.74) is 8.52. The molecule has 3 rings (SSSR count). The van der Waals surface area contributed by atoms with Gasteiger partial charge in [0.2, 0.25) is 0 Å². The van der Waals surface area contributed by atoms with Gasteiger partial charge in [0.05, 0.1) is 11.7 Å². The van der Waals surface area contributed by atoms with Crippen molar-refractivity contribution in [1.29, 1.82) is 0 Å². The molecule has 3 N–H and O–H groups in total. The van der Waals surface area contributed by atoms with Gasteiger partial charge in [-0.1, -0.05) is 0 Å². The number of nitrogens with zero attached hydrogens (tertiary/aromatic N) is 2. The smallest absolute Gasteiger partial charge is 0.149 e. The first kappa shape index (κ1) is 10.1. The van der Waals surface area contributed by atoms with Gasteiger partial charge in [0, 0.05) is 25.3 Å². The summed E-state index contributed by atoms with van der Waals surface area (Å²) in [6, 6.07) is 0.472. The van der Waals surface area contributed by atoms with E-state index in [1.165, 1.54) is 11.3 Å². The van der Waals surface area contributed by atoms with Gasteiger partial charge in [0.15, 0.2) is 0 Å². The highest BCUT2D eigenvalue weighted by atomic mass is 16.5. The Morgan fingerprint density at radius 1 is 1.38 bits per heavy atom.